The lowest BCUT2D eigenvalue weighted by molar-refractivity contribution is 0.104. The second-order valence-corrected chi connectivity index (χ2v) is 7.82. The third-order valence-corrected chi connectivity index (χ3v) is 4.12. The largest absolute Gasteiger partial charge is 0.491 e. The molecule has 5 nitrogen and oxygen atoms in total. The highest BCUT2D eigenvalue weighted by Crippen LogP contribution is 2.18. The molecule has 0 aliphatic heterocycles. The maximum absolute atomic E-state index is 11.1. The molecule has 0 saturated carbocycles. The molecule has 0 bridgehead atoms. The van der Waals surface area contributed by atoms with E-state index in [-0.39, 0.29) is 18.4 Å². The normalized spacial score (nSPS) is 14.7. The molecule has 0 fully saturated rings. The molecule has 2 N–H and O–H groups in total. The fourth-order valence-electron chi connectivity index (χ4n) is 2.06. The van der Waals surface area contributed by atoms with Crippen LogP contribution in [0.15, 0.2) is 18.2 Å². The first-order chi connectivity index (χ1) is 9.67. The lowest BCUT2D eigenvalue weighted by Crippen LogP contribution is -2.39. The summed E-state index contributed by atoms with van der Waals surface area (Å²) in [5.41, 5.74) is 2.19. The number of aliphatic hydroxyl groups is 1. The molecule has 2 unspecified atom stereocenters. The minimum Gasteiger partial charge on any atom is -0.491 e. The Morgan fingerprint density at radius 2 is 2.00 bits per heavy atom. The molecule has 0 aliphatic rings. The molecule has 0 spiro atoms. The number of sulfone groups is 1. The number of nitrogens with one attached hydrogen (secondary N) is 1. The van der Waals surface area contributed by atoms with Gasteiger partial charge in [0.1, 0.15) is 28.3 Å². The quantitative estimate of drug-likeness (QED) is 0.750. The molecule has 0 aliphatic carbocycles. The van der Waals surface area contributed by atoms with Gasteiger partial charge >= 0.3 is 0 Å². The van der Waals surface area contributed by atoms with E-state index in [1.807, 2.05) is 32.0 Å². The Balaban J connectivity index is 2.35. The summed E-state index contributed by atoms with van der Waals surface area (Å²) in [5, 5.41) is 12.9. The van der Waals surface area contributed by atoms with Crippen molar-refractivity contribution in [2.24, 2.45) is 0 Å². The molecule has 6 heteroatoms. The number of rotatable bonds is 8. The number of hydrogen-bond acceptors (Lipinski definition) is 5. The summed E-state index contributed by atoms with van der Waals surface area (Å²) in [7, 11) is -3.01. The monoisotopic (exact) mass is 315 g/mol. The Hall–Kier alpha value is -1.11. The summed E-state index contributed by atoms with van der Waals surface area (Å²) >= 11 is 0. The Labute approximate surface area is 127 Å². The first-order valence-electron chi connectivity index (χ1n) is 6.96. The second kappa shape index (κ2) is 7.77. The Bertz CT molecular complexity index is 557. The highest BCUT2D eigenvalue weighted by atomic mass is 32.2. The van der Waals surface area contributed by atoms with Gasteiger partial charge in [0, 0.05) is 18.8 Å². The number of aryl methyl sites for hydroxylation is 2. The lowest BCUT2D eigenvalue weighted by Gasteiger charge is -2.17. The standard InChI is InChI=1S/C15H25NO4S/c1-11-5-6-15(12(2)7-11)20-9-14(17)8-16-13(3)10-21(4,18)19/h5-7,13-14,16-17H,8-10H2,1-4H3. The van der Waals surface area contributed by atoms with E-state index in [0.29, 0.717) is 6.54 Å². The summed E-state index contributed by atoms with van der Waals surface area (Å²) in [6.45, 7) is 6.21. The summed E-state index contributed by atoms with van der Waals surface area (Å²) in [6, 6.07) is 5.67. The molecular formula is C15H25NO4S. The predicted octanol–water partition coefficient (Wildman–Crippen LogP) is 1.07. The molecule has 120 valence electrons. The van der Waals surface area contributed by atoms with Crippen molar-refractivity contribution in [2.75, 3.05) is 25.2 Å². The molecular weight excluding hydrogens is 290 g/mol. The maximum Gasteiger partial charge on any atom is 0.148 e. The maximum atomic E-state index is 11.1. The zero-order valence-electron chi connectivity index (χ0n) is 13.1. The van der Waals surface area contributed by atoms with Crippen molar-refractivity contribution in [1.82, 2.24) is 5.32 Å². The van der Waals surface area contributed by atoms with E-state index in [1.165, 1.54) is 6.26 Å². The van der Waals surface area contributed by atoms with Crippen molar-refractivity contribution in [2.45, 2.75) is 32.9 Å². The van der Waals surface area contributed by atoms with Gasteiger partial charge in [-0.3, -0.25) is 0 Å². The molecule has 1 rings (SSSR count). The predicted molar refractivity (Wildman–Crippen MR) is 84.6 cm³/mol. The van der Waals surface area contributed by atoms with Crippen LogP contribution in [0, 0.1) is 13.8 Å². The molecule has 0 heterocycles. The second-order valence-electron chi connectivity index (χ2n) is 5.64. The Morgan fingerprint density at radius 1 is 1.33 bits per heavy atom. The Kier molecular flexibility index (Phi) is 6.64. The van der Waals surface area contributed by atoms with Crippen LogP contribution in [0.5, 0.6) is 5.75 Å². The minimum atomic E-state index is -3.01. The molecule has 0 saturated heterocycles. The summed E-state index contributed by atoms with van der Waals surface area (Å²) in [4.78, 5) is 0. The van der Waals surface area contributed by atoms with Gasteiger partial charge in [-0.05, 0) is 32.4 Å². The van der Waals surface area contributed by atoms with Crippen LogP contribution in [0.4, 0.5) is 0 Å². The van der Waals surface area contributed by atoms with Gasteiger partial charge in [0.05, 0.1) is 5.75 Å². The third kappa shape index (κ3) is 7.45. The summed E-state index contributed by atoms with van der Waals surface area (Å²) in [5.74, 6) is 0.807. The van der Waals surface area contributed by atoms with Crippen LogP contribution >= 0.6 is 0 Å². The Morgan fingerprint density at radius 3 is 2.57 bits per heavy atom. The van der Waals surface area contributed by atoms with Crippen molar-refractivity contribution >= 4 is 9.84 Å². The van der Waals surface area contributed by atoms with Crippen molar-refractivity contribution in [3.63, 3.8) is 0 Å². The molecule has 21 heavy (non-hydrogen) atoms. The van der Waals surface area contributed by atoms with Gasteiger partial charge in [-0.1, -0.05) is 17.7 Å². The van der Waals surface area contributed by atoms with E-state index in [9.17, 15) is 13.5 Å². The minimum absolute atomic E-state index is 0.0532. The topological polar surface area (TPSA) is 75.6 Å². The molecule has 0 radical (unpaired) electrons. The zero-order valence-corrected chi connectivity index (χ0v) is 13.9. The van der Waals surface area contributed by atoms with E-state index < -0.39 is 15.9 Å². The van der Waals surface area contributed by atoms with Crippen LogP contribution in [-0.4, -0.2) is 50.8 Å². The number of hydrogen-bond donors (Lipinski definition) is 2. The van der Waals surface area contributed by atoms with Gasteiger partial charge in [-0.15, -0.1) is 0 Å². The van der Waals surface area contributed by atoms with Gasteiger partial charge < -0.3 is 15.2 Å². The fraction of sp³-hybridized carbons (Fsp3) is 0.600. The van der Waals surface area contributed by atoms with Crippen molar-refractivity contribution in [3.8, 4) is 5.75 Å². The van der Waals surface area contributed by atoms with Crippen molar-refractivity contribution in [1.29, 1.82) is 0 Å². The highest BCUT2D eigenvalue weighted by molar-refractivity contribution is 7.90. The van der Waals surface area contributed by atoms with Crippen LogP contribution in [0.2, 0.25) is 0 Å². The molecule has 0 amide bonds. The third-order valence-electron chi connectivity index (χ3n) is 3.02. The number of ether oxygens (including phenoxy) is 1. The molecule has 1 aromatic carbocycles. The summed E-state index contributed by atoms with van der Waals surface area (Å²) in [6.07, 6.45) is 0.512. The fourth-order valence-corrected chi connectivity index (χ4v) is 3.08. The van der Waals surface area contributed by atoms with Gasteiger partial charge in [-0.2, -0.15) is 0 Å². The average Bonchev–Trinajstić information content (AvgIpc) is 2.33. The zero-order chi connectivity index (χ0) is 16.0. The van der Waals surface area contributed by atoms with Gasteiger partial charge in [0.15, 0.2) is 0 Å². The van der Waals surface area contributed by atoms with Crippen LogP contribution in [0.25, 0.3) is 0 Å². The van der Waals surface area contributed by atoms with Gasteiger partial charge in [0.2, 0.25) is 0 Å². The highest BCUT2D eigenvalue weighted by Gasteiger charge is 2.12. The van der Waals surface area contributed by atoms with Crippen molar-refractivity contribution in [3.05, 3.63) is 29.3 Å². The first-order valence-corrected chi connectivity index (χ1v) is 9.02. The van der Waals surface area contributed by atoms with E-state index in [4.69, 9.17) is 4.74 Å². The van der Waals surface area contributed by atoms with Crippen LogP contribution in [0.3, 0.4) is 0 Å². The SMILES string of the molecule is Cc1ccc(OCC(O)CNC(C)CS(C)(=O)=O)c(C)c1. The van der Waals surface area contributed by atoms with Gasteiger partial charge in [-0.25, -0.2) is 8.42 Å². The van der Waals surface area contributed by atoms with E-state index in [1.54, 1.807) is 6.92 Å². The smallest absolute Gasteiger partial charge is 0.148 e. The molecule has 1 aromatic rings. The molecule has 0 aromatic heterocycles. The number of aliphatic hydroxyl groups excluding tert-OH is 1. The summed E-state index contributed by atoms with van der Waals surface area (Å²) < 4.78 is 27.8. The van der Waals surface area contributed by atoms with Gasteiger partial charge in [0.25, 0.3) is 0 Å². The van der Waals surface area contributed by atoms with Crippen LogP contribution in [-0.2, 0) is 9.84 Å². The van der Waals surface area contributed by atoms with E-state index >= 15 is 0 Å². The van der Waals surface area contributed by atoms with Crippen LogP contribution < -0.4 is 10.1 Å². The average molecular weight is 315 g/mol. The first kappa shape index (κ1) is 17.9. The van der Waals surface area contributed by atoms with Crippen LogP contribution in [0.1, 0.15) is 18.1 Å². The molecule has 2 atom stereocenters. The number of benzene rings is 1. The van der Waals surface area contributed by atoms with Crippen molar-refractivity contribution < 1.29 is 18.3 Å². The lowest BCUT2D eigenvalue weighted by atomic mass is 10.1. The van der Waals surface area contributed by atoms with E-state index in [2.05, 4.69) is 5.32 Å². The van der Waals surface area contributed by atoms with E-state index in [0.717, 1.165) is 16.9 Å².